The zero-order valence-corrected chi connectivity index (χ0v) is 10.4. The van der Waals surface area contributed by atoms with Crippen LogP contribution < -0.4 is 4.74 Å². The Bertz CT molecular complexity index is 573. The van der Waals surface area contributed by atoms with Gasteiger partial charge in [0.15, 0.2) is 5.75 Å². The second-order valence-corrected chi connectivity index (χ2v) is 4.35. The molecule has 0 saturated carbocycles. The van der Waals surface area contributed by atoms with E-state index >= 15 is 0 Å². The van der Waals surface area contributed by atoms with E-state index < -0.39 is 6.36 Å². The molecule has 0 fully saturated rings. The molecule has 17 heavy (non-hydrogen) atoms. The van der Waals surface area contributed by atoms with Gasteiger partial charge in [-0.15, -0.1) is 13.2 Å². The van der Waals surface area contributed by atoms with Crippen molar-refractivity contribution in [2.75, 3.05) is 0 Å². The van der Waals surface area contributed by atoms with Crippen LogP contribution in [0.15, 0.2) is 28.9 Å². The summed E-state index contributed by atoms with van der Waals surface area (Å²) in [5, 5.41) is 0.686. The number of ether oxygens (including phenoxy) is 1. The summed E-state index contributed by atoms with van der Waals surface area (Å²) in [6.07, 6.45) is -3.43. The van der Waals surface area contributed by atoms with Crippen molar-refractivity contribution in [1.82, 2.24) is 4.98 Å². The van der Waals surface area contributed by atoms with Crippen molar-refractivity contribution < 1.29 is 17.9 Å². The third-order valence-corrected chi connectivity index (χ3v) is 3.21. The van der Waals surface area contributed by atoms with Crippen LogP contribution in [0.4, 0.5) is 13.2 Å². The summed E-state index contributed by atoms with van der Waals surface area (Å²) in [6, 6.07) is 4.18. The number of fused-ring (bicyclic) bond motifs is 1. The molecule has 0 aliphatic rings. The number of benzene rings is 1. The SMILES string of the molecule is FC(F)(F)Oc1cccc2c(Cl)c(Br)cnc12. The van der Waals surface area contributed by atoms with Gasteiger partial charge in [0.05, 0.1) is 9.50 Å². The van der Waals surface area contributed by atoms with Gasteiger partial charge in [-0.25, -0.2) is 0 Å². The van der Waals surface area contributed by atoms with Gasteiger partial charge in [-0.3, -0.25) is 4.98 Å². The van der Waals surface area contributed by atoms with Crippen LogP contribution in [0.25, 0.3) is 10.9 Å². The number of aromatic nitrogens is 1. The quantitative estimate of drug-likeness (QED) is 0.767. The zero-order valence-electron chi connectivity index (χ0n) is 8.05. The summed E-state index contributed by atoms with van der Waals surface area (Å²) in [7, 11) is 0. The fourth-order valence-electron chi connectivity index (χ4n) is 1.35. The van der Waals surface area contributed by atoms with Gasteiger partial charge in [-0.1, -0.05) is 23.7 Å². The lowest BCUT2D eigenvalue weighted by atomic mass is 10.2. The normalized spacial score (nSPS) is 11.8. The summed E-state index contributed by atoms with van der Waals surface area (Å²) < 4.78 is 40.9. The van der Waals surface area contributed by atoms with Gasteiger partial charge >= 0.3 is 6.36 Å². The lowest BCUT2D eigenvalue weighted by molar-refractivity contribution is -0.274. The van der Waals surface area contributed by atoms with Crippen LogP contribution in [-0.4, -0.2) is 11.3 Å². The number of rotatable bonds is 1. The van der Waals surface area contributed by atoms with Crippen molar-refractivity contribution in [2.45, 2.75) is 6.36 Å². The Hall–Kier alpha value is -1.01. The maximum absolute atomic E-state index is 12.2. The van der Waals surface area contributed by atoms with Gasteiger partial charge in [-0.05, 0) is 22.0 Å². The van der Waals surface area contributed by atoms with Crippen LogP contribution >= 0.6 is 27.5 Å². The van der Waals surface area contributed by atoms with E-state index in [1.165, 1.54) is 18.3 Å². The van der Waals surface area contributed by atoms with Gasteiger partial charge < -0.3 is 4.74 Å². The average molecular weight is 326 g/mol. The Balaban J connectivity index is 2.63. The predicted octanol–water partition coefficient (Wildman–Crippen LogP) is 4.55. The monoisotopic (exact) mass is 325 g/mol. The van der Waals surface area contributed by atoms with Crippen molar-refractivity contribution in [3.05, 3.63) is 33.9 Å². The molecule has 2 nitrogen and oxygen atoms in total. The molecule has 7 heteroatoms. The molecule has 90 valence electrons. The Kier molecular flexibility index (Phi) is 3.18. The second kappa shape index (κ2) is 4.34. The molecule has 2 aromatic rings. The number of nitrogens with zero attached hydrogens (tertiary/aromatic N) is 1. The van der Waals surface area contributed by atoms with E-state index in [1.54, 1.807) is 6.07 Å². The van der Waals surface area contributed by atoms with Gasteiger partial charge in [0, 0.05) is 11.6 Å². The maximum atomic E-state index is 12.2. The molecular weight excluding hydrogens is 322 g/mol. The first-order valence-electron chi connectivity index (χ1n) is 4.37. The van der Waals surface area contributed by atoms with Crippen molar-refractivity contribution in [3.63, 3.8) is 0 Å². The lowest BCUT2D eigenvalue weighted by Crippen LogP contribution is -2.17. The maximum Gasteiger partial charge on any atom is 0.573 e. The molecule has 0 bridgehead atoms. The van der Waals surface area contributed by atoms with E-state index in [0.717, 1.165) is 0 Å². The Morgan fingerprint density at radius 2 is 2.00 bits per heavy atom. The number of pyridine rings is 1. The third-order valence-electron chi connectivity index (χ3n) is 1.98. The highest BCUT2D eigenvalue weighted by Crippen LogP contribution is 2.35. The first-order valence-corrected chi connectivity index (χ1v) is 5.54. The van der Waals surface area contributed by atoms with Crippen LogP contribution in [0, 0.1) is 0 Å². The third kappa shape index (κ3) is 2.63. The largest absolute Gasteiger partial charge is 0.573 e. The zero-order chi connectivity index (χ0) is 12.6. The van der Waals surface area contributed by atoms with Crippen LogP contribution in [0.5, 0.6) is 5.75 Å². The van der Waals surface area contributed by atoms with Gasteiger partial charge in [0.2, 0.25) is 0 Å². The van der Waals surface area contributed by atoms with E-state index in [0.29, 0.717) is 14.9 Å². The highest BCUT2D eigenvalue weighted by Gasteiger charge is 2.32. The van der Waals surface area contributed by atoms with Crippen molar-refractivity contribution in [1.29, 1.82) is 0 Å². The minimum absolute atomic E-state index is 0.0676. The summed E-state index contributed by atoms with van der Waals surface area (Å²) in [5.41, 5.74) is 0.0676. The molecule has 0 saturated heterocycles. The molecular formula is C10H4BrClF3NO. The molecule has 0 radical (unpaired) electrons. The van der Waals surface area contributed by atoms with Gasteiger partial charge in [-0.2, -0.15) is 0 Å². The van der Waals surface area contributed by atoms with Gasteiger partial charge in [0.1, 0.15) is 5.52 Å². The highest BCUT2D eigenvalue weighted by molar-refractivity contribution is 9.10. The minimum atomic E-state index is -4.75. The van der Waals surface area contributed by atoms with E-state index in [-0.39, 0.29) is 11.3 Å². The van der Waals surface area contributed by atoms with Crippen molar-refractivity contribution in [3.8, 4) is 5.75 Å². The molecule has 0 atom stereocenters. The van der Waals surface area contributed by atoms with Crippen LogP contribution in [0.1, 0.15) is 0 Å². The molecule has 0 aliphatic heterocycles. The first-order chi connectivity index (χ1) is 7.88. The predicted molar refractivity (Wildman–Crippen MR) is 61.1 cm³/mol. The first kappa shape index (κ1) is 12.4. The fraction of sp³-hybridized carbons (Fsp3) is 0.100. The van der Waals surface area contributed by atoms with E-state index in [4.69, 9.17) is 11.6 Å². The van der Waals surface area contributed by atoms with Gasteiger partial charge in [0.25, 0.3) is 0 Å². The molecule has 0 spiro atoms. The summed E-state index contributed by atoms with van der Waals surface area (Å²) in [4.78, 5) is 3.87. The minimum Gasteiger partial charge on any atom is -0.403 e. The lowest BCUT2D eigenvalue weighted by Gasteiger charge is -2.11. The number of para-hydroxylation sites is 1. The highest BCUT2D eigenvalue weighted by atomic mass is 79.9. The number of hydrogen-bond acceptors (Lipinski definition) is 2. The number of alkyl halides is 3. The van der Waals surface area contributed by atoms with Crippen molar-refractivity contribution in [2.24, 2.45) is 0 Å². The molecule has 0 aliphatic carbocycles. The molecule has 1 aromatic heterocycles. The Morgan fingerprint density at radius 3 is 2.65 bits per heavy atom. The Labute approximate surface area is 107 Å². The van der Waals surface area contributed by atoms with Crippen LogP contribution in [0.2, 0.25) is 5.02 Å². The summed E-state index contributed by atoms with van der Waals surface area (Å²) in [5.74, 6) is -0.371. The van der Waals surface area contributed by atoms with Crippen LogP contribution in [0.3, 0.4) is 0 Å². The van der Waals surface area contributed by atoms with E-state index in [2.05, 4.69) is 25.7 Å². The summed E-state index contributed by atoms with van der Waals surface area (Å²) in [6.45, 7) is 0. The second-order valence-electron chi connectivity index (χ2n) is 3.12. The standard InChI is InChI=1S/C10H4BrClF3NO/c11-6-4-16-9-5(8(6)12)2-1-3-7(9)17-10(13,14)15/h1-4H. The molecule has 0 amide bonds. The molecule has 2 rings (SSSR count). The molecule has 0 N–H and O–H groups in total. The molecule has 0 unspecified atom stereocenters. The topological polar surface area (TPSA) is 22.1 Å². The summed E-state index contributed by atoms with van der Waals surface area (Å²) >= 11 is 9.09. The number of hydrogen-bond donors (Lipinski definition) is 0. The fourth-order valence-corrected chi connectivity index (χ4v) is 1.86. The number of halogens is 5. The van der Waals surface area contributed by atoms with E-state index in [1.807, 2.05) is 0 Å². The smallest absolute Gasteiger partial charge is 0.403 e. The average Bonchev–Trinajstić information content (AvgIpc) is 2.22. The Morgan fingerprint density at radius 1 is 1.29 bits per heavy atom. The molecule has 1 heterocycles. The molecule has 1 aromatic carbocycles. The van der Waals surface area contributed by atoms with Crippen LogP contribution in [-0.2, 0) is 0 Å². The van der Waals surface area contributed by atoms with E-state index in [9.17, 15) is 13.2 Å². The van der Waals surface area contributed by atoms with Crippen molar-refractivity contribution >= 4 is 38.4 Å².